The molecule has 3 rings (SSSR count). The molecule has 26 heavy (non-hydrogen) atoms. The summed E-state index contributed by atoms with van der Waals surface area (Å²) in [4.78, 5) is 31.4. The van der Waals surface area contributed by atoms with Crippen molar-refractivity contribution in [3.8, 4) is 5.75 Å². The van der Waals surface area contributed by atoms with E-state index in [1.165, 1.54) is 19.2 Å². The number of methoxy groups -OCH3 is 1. The maximum Gasteiger partial charge on any atom is 0.346 e. The zero-order chi connectivity index (χ0) is 19.0. The number of aromatic carboxylic acids is 1. The summed E-state index contributed by atoms with van der Waals surface area (Å²) >= 11 is 1.07. The first-order valence-electron chi connectivity index (χ1n) is 7.42. The van der Waals surface area contributed by atoms with Crippen LogP contribution in [0.4, 0.5) is 17.2 Å². The quantitative estimate of drug-likeness (QED) is 0.511. The molecule has 9 nitrogen and oxygen atoms in total. The van der Waals surface area contributed by atoms with Crippen molar-refractivity contribution in [2.24, 2.45) is 0 Å². The van der Waals surface area contributed by atoms with E-state index in [0.29, 0.717) is 33.1 Å². The number of ether oxygens (including phenoxy) is 1. The van der Waals surface area contributed by atoms with Gasteiger partial charge >= 0.3 is 11.7 Å². The first kappa shape index (κ1) is 17.5. The second-order valence-electron chi connectivity index (χ2n) is 5.43. The van der Waals surface area contributed by atoms with Gasteiger partial charge in [0, 0.05) is 11.8 Å². The van der Waals surface area contributed by atoms with Crippen LogP contribution in [0.1, 0.15) is 21.1 Å². The Bertz CT molecular complexity index is 1050. The molecule has 0 spiro atoms. The van der Waals surface area contributed by atoms with Crippen LogP contribution in [0.3, 0.4) is 0 Å². The van der Waals surface area contributed by atoms with Crippen LogP contribution >= 0.6 is 11.3 Å². The number of aromatic nitrogens is 2. The number of nitro benzene ring substituents is 1. The molecule has 0 atom stereocenters. The predicted molar refractivity (Wildman–Crippen MR) is 96.8 cm³/mol. The second-order valence-corrected chi connectivity index (χ2v) is 6.43. The molecule has 0 radical (unpaired) electrons. The summed E-state index contributed by atoms with van der Waals surface area (Å²) in [7, 11) is 1.36. The molecule has 0 unspecified atom stereocenters. The van der Waals surface area contributed by atoms with E-state index < -0.39 is 10.9 Å². The van der Waals surface area contributed by atoms with E-state index in [-0.39, 0.29) is 16.3 Å². The molecule has 0 bridgehead atoms. The summed E-state index contributed by atoms with van der Waals surface area (Å²) in [5.74, 6) is -0.0342. The summed E-state index contributed by atoms with van der Waals surface area (Å²) in [6.07, 6.45) is 0. The molecule has 1 aromatic carbocycles. The maximum atomic E-state index is 11.4. The van der Waals surface area contributed by atoms with Crippen LogP contribution in [-0.4, -0.2) is 33.1 Å². The highest BCUT2D eigenvalue weighted by Gasteiger charge is 2.21. The van der Waals surface area contributed by atoms with E-state index in [2.05, 4.69) is 15.3 Å². The number of rotatable bonds is 5. The number of carboxylic acid groups (broad SMARTS) is 1. The number of nitro groups is 1. The fourth-order valence-electron chi connectivity index (χ4n) is 2.59. The number of thiophene rings is 1. The van der Waals surface area contributed by atoms with Crippen LogP contribution < -0.4 is 10.1 Å². The number of carboxylic acids is 1. The fraction of sp³-hybridized carbons (Fsp3) is 0.188. The van der Waals surface area contributed by atoms with Crippen molar-refractivity contribution >= 4 is 44.7 Å². The number of anilines is 2. The van der Waals surface area contributed by atoms with Gasteiger partial charge in [0.2, 0.25) is 0 Å². The van der Waals surface area contributed by atoms with Gasteiger partial charge in [-0.15, -0.1) is 11.3 Å². The highest BCUT2D eigenvalue weighted by atomic mass is 32.1. The van der Waals surface area contributed by atoms with Gasteiger partial charge in [-0.3, -0.25) is 10.1 Å². The lowest BCUT2D eigenvalue weighted by Crippen LogP contribution is -2.00. The van der Waals surface area contributed by atoms with E-state index in [0.717, 1.165) is 11.3 Å². The fourth-order valence-corrected chi connectivity index (χ4v) is 3.65. The number of hydrogen-bond donors (Lipinski definition) is 2. The number of benzene rings is 1. The smallest absolute Gasteiger partial charge is 0.346 e. The van der Waals surface area contributed by atoms with Gasteiger partial charge in [-0.1, -0.05) is 0 Å². The van der Waals surface area contributed by atoms with Crippen molar-refractivity contribution in [3.63, 3.8) is 0 Å². The Labute approximate surface area is 151 Å². The lowest BCUT2D eigenvalue weighted by molar-refractivity contribution is -0.385. The van der Waals surface area contributed by atoms with E-state index in [9.17, 15) is 20.0 Å². The summed E-state index contributed by atoms with van der Waals surface area (Å²) in [5, 5.41) is 24.1. The van der Waals surface area contributed by atoms with E-state index in [4.69, 9.17) is 4.74 Å². The highest BCUT2D eigenvalue weighted by molar-refractivity contribution is 7.20. The Kier molecular flexibility index (Phi) is 4.43. The summed E-state index contributed by atoms with van der Waals surface area (Å²) in [6.45, 7) is 3.37. The molecule has 10 heteroatoms. The molecule has 0 aliphatic carbocycles. The topological polar surface area (TPSA) is 127 Å². The van der Waals surface area contributed by atoms with Crippen molar-refractivity contribution in [2.45, 2.75) is 13.8 Å². The Morgan fingerprint density at radius 3 is 2.69 bits per heavy atom. The van der Waals surface area contributed by atoms with Crippen LogP contribution in [0.5, 0.6) is 5.75 Å². The molecule has 0 amide bonds. The maximum absolute atomic E-state index is 11.4. The minimum absolute atomic E-state index is 0.143. The van der Waals surface area contributed by atoms with E-state index in [1.807, 2.05) is 0 Å². The number of aryl methyl sites for hydroxylation is 2. The Morgan fingerprint density at radius 1 is 1.35 bits per heavy atom. The number of fused-ring (bicyclic) bond motifs is 1. The van der Waals surface area contributed by atoms with Crippen LogP contribution in [-0.2, 0) is 0 Å². The van der Waals surface area contributed by atoms with Crippen LogP contribution in [0, 0.1) is 24.0 Å². The highest BCUT2D eigenvalue weighted by Crippen LogP contribution is 2.36. The molecule has 0 fully saturated rings. The molecule has 2 N–H and O–H groups in total. The minimum atomic E-state index is -1.03. The predicted octanol–water partition coefficient (Wildman–Crippen LogP) is 3.67. The molecule has 0 saturated carbocycles. The molecule has 0 aliphatic heterocycles. The van der Waals surface area contributed by atoms with Crippen LogP contribution in [0.2, 0.25) is 0 Å². The number of hydrogen-bond acceptors (Lipinski definition) is 8. The van der Waals surface area contributed by atoms with Crippen molar-refractivity contribution in [2.75, 3.05) is 12.4 Å². The van der Waals surface area contributed by atoms with E-state index >= 15 is 0 Å². The Hall–Kier alpha value is -3.27. The first-order valence-corrected chi connectivity index (χ1v) is 8.24. The SMILES string of the molecule is COc1ccc(Nc2nc(C)nc3sc(C(=O)O)c(C)c23)cc1[N+](=O)[O-]. The summed E-state index contributed by atoms with van der Waals surface area (Å²) in [5.41, 5.74) is 0.787. The van der Waals surface area contributed by atoms with Gasteiger partial charge in [0.25, 0.3) is 0 Å². The van der Waals surface area contributed by atoms with Crippen molar-refractivity contribution in [3.05, 3.63) is 44.6 Å². The van der Waals surface area contributed by atoms with Gasteiger partial charge in [0.15, 0.2) is 5.75 Å². The van der Waals surface area contributed by atoms with Crippen molar-refractivity contribution < 1.29 is 19.6 Å². The molecule has 0 aliphatic rings. The number of nitrogens with one attached hydrogen (secondary N) is 1. The Balaban J connectivity index is 2.13. The molecule has 2 heterocycles. The normalized spacial score (nSPS) is 10.7. The van der Waals surface area contributed by atoms with Crippen molar-refractivity contribution in [1.82, 2.24) is 9.97 Å². The average Bonchev–Trinajstić information content (AvgIpc) is 2.91. The molecule has 0 saturated heterocycles. The third kappa shape index (κ3) is 3.02. The van der Waals surface area contributed by atoms with Gasteiger partial charge in [-0.25, -0.2) is 14.8 Å². The van der Waals surface area contributed by atoms with Gasteiger partial charge in [-0.2, -0.15) is 0 Å². The third-order valence-corrected chi connectivity index (χ3v) is 4.91. The Morgan fingerprint density at radius 2 is 2.08 bits per heavy atom. The lowest BCUT2D eigenvalue weighted by Gasteiger charge is -2.09. The molecular weight excluding hydrogens is 360 g/mol. The van der Waals surface area contributed by atoms with Gasteiger partial charge in [-0.05, 0) is 31.5 Å². The minimum Gasteiger partial charge on any atom is -0.490 e. The zero-order valence-corrected chi connectivity index (χ0v) is 14.9. The summed E-state index contributed by atoms with van der Waals surface area (Å²) < 4.78 is 4.99. The number of nitrogens with zero attached hydrogens (tertiary/aromatic N) is 3. The van der Waals surface area contributed by atoms with Gasteiger partial charge < -0.3 is 15.2 Å². The first-order chi connectivity index (χ1) is 12.3. The zero-order valence-electron chi connectivity index (χ0n) is 14.1. The average molecular weight is 374 g/mol. The number of carbonyl (C=O) groups is 1. The molecular formula is C16H14N4O5S. The monoisotopic (exact) mass is 374 g/mol. The van der Waals surface area contributed by atoms with Crippen LogP contribution in [0.15, 0.2) is 18.2 Å². The third-order valence-electron chi connectivity index (χ3n) is 3.73. The molecule has 2 aromatic heterocycles. The molecule has 3 aromatic rings. The standard InChI is InChI=1S/C16H14N4O5S/c1-7-12-14(17-8(2)18-15(12)26-13(7)16(21)22)19-9-4-5-11(25-3)10(6-9)20(23)24/h4-6H,1-3H3,(H,21,22)(H,17,18,19). The largest absolute Gasteiger partial charge is 0.490 e. The van der Waals surface area contributed by atoms with Crippen LogP contribution in [0.25, 0.3) is 10.2 Å². The summed E-state index contributed by atoms with van der Waals surface area (Å²) in [6, 6.07) is 4.44. The van der Waals surface area contributed by atoms with Crippen molar-refractivity contribution in [1.29, 1.82) is 0 Å². The van der Waals surface area contributed by atoms with Gasteiger partial charge in [0.1, 0.15) is 21.3 Å². The van der Waals surface area contributed by atoms with E-state index in [1.54, 1.807) is 19.9 Å². The second kappa shape index (κ2) is 6.56. The van der Waals surface area contributed by atoms with Gasteiger partial charge in [0.05, 0.1) is 17.4 Å². The molecule has 134 valence electrons. The lowest BCUT2D eigenvalue weighted by atomic mass is 10.2.